The third-order valence-corrected chi connectivity index (χ3v) is 2.48. The molecule has 0 saturated carbocycles. The van der Waals surface area contributed by atoms with Crippen LogP contribution in [0.4, 0.5) is 0 Å². The van der Waals surface area contributed by atoms with E-state index in [-0.39, 0.29) is 5.60 Å². The number of halogens is 1. The highest BCUT2D eigenvalue weighted by atomic mass is 79.9. The minimum Gasteiger partial charge on any atom is -0.488 e. The van der Waals surface area contributed by atoms with Crippen molar-refractivity contribution in [2.45, 2.75) is 31.7 Å². The topological polar surface area (TPSA) is 46.5 Å². The maximum absolute atomic E-state index is 10.9. The zero-order valence-electron chi connectivity index (χ0n) is 9.58. The van der Waals surface area contributed by atoms with Crippen molar-refractivity contribution < 1.29 is 14.6 Å². The molecule has 3 nitrogen and oxygen atoms in total. The molecule has 0 radical (unpaired) electrons. The van der Waals surface area contributed by atoms with Crippen LogP contribution >= 0.6 is 15.9 Å². The van der Waals surface area contributed by atoms with Gasteiger partial charge in [-0.05, 0) is 44.5 Å². The van der Waals surface area contributed by atoms with E-state index in [0.29, 0.717) is 22.2 Å². The lowest BCUT2D eigenvalue weighted by atomic mass is 10.1. The molecule has 0 saturated heterocycles. The summed E-state index contributed by atoms with van der Waals surface area (Å²) in [7, 11) is 0. The Morgan fingerprint density at radius 3 is 2.50 bits per heavy atom. The van der Waals surface area contributed by atoms with Gasteiger partial charge in [0.15, 0.2) is 0 Å². The molecule has 0 aliphatic rings. The number of carboxylic acids is 1. The van der Waals surface area contributed by atoms with Crippen LogP contribution < -0.4 is 4.74 Å². The summed E-state index contributed by atoms with van der Waals surface area (Å²) in [5, 5.41) is 9.45. The smallest absolute Gasteiger partial charge is 0.335 e. The summed E-state index contributed by atoms with van der Waals surface area (Å²) >= 11 is 3.27. The molecule has 1 aromatic carbocycles. The standard InChI is InChI=1S/C12H15BrO3/c1-12(2,3)16-9-4-5-10(11(14)15)8(6-9)7-13/h4-6H,7H2,1-3H3,(H,14,15). The van der Waals surface area contributed by atoms with Gasteiger partial charge in [-0.3, -0.25) is 0 Å². The Morgan fingerprint density at radius 2 is 2.06 bits per heavy atom. The summed E-state index contributed by atoms with van der Waals surface area (Å²) in [6.45, 7) is 5.85. The van der Waals surface area contributed by atoms with Gasteiger partial charge in [0.25, 0.3) is 0 Å². The Labute approximate surface area is 104 Å². The number of rotatable bonds is 3. The molecule has 0 aliphatic carbocycles. The number of ether oxygens (including phenoxy) is 1. The van der Waals surface area contributed by atoms with E-state index >= 15 is 0 Å². The van der Waals surface area contributed by atoms with Crippen LogP contribution in [0.5, 0.6) is 5.75 Å². The van der Waals surface area contributed by atoms with E-state index in [9.17, 15) is 4.79 Å². The molecule has 0 bridgehead atoms. The number of hydrogen-bond donors (Lipinski definition) is 1. The first-order chi connectivity index (χ1) is 7.33. The molecule has 0 spiro atoms. The van der Waals surface area contributed by atoms with Crippen LogP contribution in [0.15, 0.2) is 18.2 Å². The van der Waals surface area contributed by atoms with Crippen LogP contribution in [0.1, 0.15) is 36.7 Å². The van der Waals surface area contributed by atoms with Crippen molar-refractivity contribution >= 4 is 21.9 Å². The molecular weight excluding hydrogens is 272 g/mol. The van der Waals surface area contributed by atoms with Gasteiger partial charge in [0.1, 0.15) is 11.4 Å². The van der Waals surface area contributed by atoms with Gasteiger partial charge < -0.3 is 9.84 Å². The van der Waals surface area contributed by atoms with Crippen molar-refractivity contribution in [2.24, 2.45) is 0 Å². The monoisotopic (exact) mass is 286 g/mol. The highest BCUT2D eigenvalue weighted by Crippen LogP contribution is 2.23. The molecule has 4 heteroatoms. The van der Waals surface area contributed by atoms with Gasteiger partial charge in [0.05, 0.1) is 5.56 Å². The average Bonchev–Trinajstić information content (AvgIpc) is 2.14. The molecule has 1 N–H and O–H groups in total. The zero-order chi connectivity index (χ0) is 12.3. The van der Waals surface area contributed by atoms with Crippen molar-refractivity contribution in [2.75, 3.05) is 0 Å². The summed E-state index contributed by atoms with van der Waals surface area (Å²) in [6, 6.07) is 5.00. The molecule has 0 amide bonds. The van der Waals surface area contributed by atoms with E-state index in [1.54, 1.807) is 18.2 Å². The zero-order valence-corrected chi connectivity index (χ0v) is 11.2. The van der Waals surface area contributed by atoms with E-state index in [0.717, 1.165) is 0 Å². The van der Waals surface area contributed by atoms with Crippen molar-refractivity contribution in [1.29, 1.82) is 0 Å². The molecule has 1 rings (SSSR count). The lowest BCUT2D eigenvalue weighted by molar-refractivity contribution is 0.0696. The second-order valence-corrected chi connectivity index (χ2v) is 5.03. The second kappa shape index (κ2) is 4.87. The Hall–Kier alpha value is -1.03. The quantitative estimate of drug-likeness (QED) is 0.866. The highest BCUT2D eigenvalue weighted by molar-refractivity contribution is 9.08. The van der Waals surface area contributed by atoms with E-state index in [4.69, 9.17) is 9.84 Å². The SMILES string of the molecule is CC(C)(C)Oc1ccc(C(=O)O)c(CBr)c1. The highest BCUT2D eigenvalue weighted by Gasteiger charge is 2.14. The van der Waals surface area contributed by atoms with Crippen molar-refractivity contribution in [3.8, 4) is 5.75 Å². The Kier molecular flexibility index (Phi) is 3.97. The van der Waals surface area contributed by atoms with Crippen molar-refractivity contribution in [3.05, 3.63) is 29.3 Å². The molecule has 0 unspecified atom stereocenters. The average molecular weight is 287 g/mol. The fourth-order valence-electron chi connectivity index (χ4n) is 1.31. The summed E-state index contributed by atoms with van der Waals surface area (Å²) < 4.78 is 5.67. The fraction of sp³-hybridized carbons (Fsp3) is 0.417. The van der Waals surface area contributed by atoms with Gasteiger partial charge in [-0.2, -0.15) is 0 Å². The van der Waals surface area contributed by atoms with Crippen LogP contribution in [0.3, 0.4) is 0 Å². The largest absolute Gasteiger partial charge is 0.488 e. The molecule has 0 heterocycles. The molecule has 0 aliphatic heterocycles. The van der Waals surface area contributed by atoms with Gasteiger partial charge in [-0.15, -0.1) is 0 Å². The first kappa shape index (κ1) is 13.0. The van der Waals surface area contributed by atoms with Crippen LogP contribution in [-0.2, 0) is 5.33 Å². The van der Waals surface area contributed by atoms with E-state index in [1.165, 1.54) is 0 Å². The normalized spacial score (nSPS) is 11.2. The van der Waals surface area contributed by atoms with Crippen molar-refractivity contribution in [1.82, 2.24) is 0 Å². The first-order valence-electron chi connectivity index (χ1n) is 4.94. The van der Waals surface area contributed by atoms with Crippen LogP contribution in [0, 0.1) is 0 Å². The summed E-state index contributed by atoms with van der Waals surface area (Å²) in [5.41, 5.74) is 0.737. The van der Waals surface area contributed by atoms with E-state index in [1.807, 2.05) is 20.8 Å². The van der Waals surface area contributed by atoms with Gasteiger partial charge in [0.2, 0.25) is 0 Å². The molecule has 1 aromatic rings. The molecular formula is C12H15BrO3. The van der Waals surface area contributed by atoms with Crippen LogP contribution in [-0.4, -0.2) is 16.7 Å². The minimum absolute atomic E-state index is 0.283. The molecule has 0 aromatic heterocycles. The number of carboxylic acid groups (broad SMARTS) is 1. The Morgan fingerprint density at radius 1 is 1.44 bits per heavy atom. The Balaban J connectivity index is 3.05. The predicted octanol–water partition coefficient (Wildman–Crippen LogP) is 3.46. The van der Waals surface area contributed by atoms with Gasteiger partial charge in [0, 0.05) is 5.33 Å². The number of aromatic carboxylic acids is 1. The molecule has 16 heavy (non-hydrogen) atoms. The van der Waals surface area contributed by atoms with E-state index < -0.39 is 5.97 Å². The summed E-state index contributed by atoms with van der Waals surface area (Å²) in [4.78, 5) is 10.9. The summed E-state index contributed by atoms with van der Waals surface area (Å²) in [5.74, 6) is -0.233. The molecule has 0 atom stereocenters. The number of benzene rings is 1. The van der Waals surface area contributed by atoms with Gasteiger partial charge in [-0.1, -0.05) is 15.9 Å². The lowest BCUT2D eigenvalue weighted by Crippen LogP contribution is -2.23. The van der Waals surface area contributed by atoms with Gasteiger partial charge in [-0.25, -0.2) is 4.79 Å². The lowest BCUT2D eigenvalue weighted by Gasteiger charge is -2.21. The maximum Gasteiger partial charge on any atom is 0.335 e. The number of carbonyl (C=O) groups is 1. The van der Waals surface area contributed by atoms with Crippen molar-refractivity contribution in [3.63, 3.8) is 0 Å². The fourth-order valence-corrected chi connectivity index (χ4v) is 1.77. The molecule has 0 fully saturated rings. The van der Waals surface area contributed by atoms with E-state index in [2.05, 4.69) is 15.9 Å². The first-order valence-corrected chi connectivity index (χ1v) is 6.07. The minimum atomic E-state index is -0.920. The predicted molar refractivity (Wildman–Crippen MR) is 66.4 cm³/mol. The number of hydrogen-bond acceptors (Lipinski definition) is 2. The van der Waals surface area contributed by atoms with Crippen LogP contribution in [0.2, 0.25) is 0 Å². The summed E-state index contributed by atoms with van der Waals surface area (Å²) in [6.07, 6.45) is 0. The third-order valence-electron chi connectivity index (χ3n) is 1.88. The maximum atomic E-state index is 10.9. The Bertz CT molecular complexity index is 394. The third kappa shape index (κ3) is 3.52. The second-order valence-electron chi connectivity index (χ2n) is 4.47. The van der Waals surface area contributed by atoms with Crippen LogP contribution in [0.25, 0.3) is 0 Å². The number of alkyl halides is 1. The molecule has 88 valence electrons. The van der Waals surface area contributed by atoms with Gasteiger partial charge >= 0.3 is 5.97 Å².